The molecule has 1 heterocycles. The molecule has 1 N–H and O–H groups in total. The molecule has 0 saturated carbocycles. The van der Waals surface area contributed by atoms with Gasteiger partial charge in [0.2, 0.25) is 0 Å². The number of carbonyl (C=O) groups is 1. The van der Waals surface area contributed by atoms with Gasteiger partial charge in [-0.3, -0.25) is 4.79 Å². The van der Waals surface area contributed by atoms with E-state index < -0.39 is 5.97 Å². The molecule has 2 rings (SSSR count). The minimum atomic E-state index is -0.687. The van der Waals surface area contributed by atoms with Crippen molar-refractivity contribution in [2.45, 2.75) is 11.3 Å². The van der Waals surface area contributed by atoms with E-state index in [-0.39, 0.29) is 5.92 Å². The van der Waals surface area contributed by atoms with Crippen LogP contribution >= 0.6 is 35.0 Å². The minimum absolute atomic E-state index is 0.209. The summed E-state index contributed by atoms with van der Waals surface area (Å²) in [7, 11) is 0. The number of nitrogens with zero attached hydrogens (tertiary/aromatic N) is 1. The van der Waals surface area contributed by atoms with Crippen LogP contribution < -0.4 is 0 Å². The van der Waals surface area contributed by atoms with E-state index in [1.165, 1.54) is 0 Å². The molecule has 1 aliphatic heterocycles. The number of aliphatic carboxylic acids is 1. The second kappa shape index (κ2) is 6.84. The predicted molar refractivity (Wildman–Crippen MR) is 79.4 cm³/mol. The monoisotopic (exact) mass is 319 g/mol. The van der Waals surface area contributed by atoms with E-state index in [0.29, 0.717) is 16.6 Å². The molecule has 0 bridgehead atoms. The van der Waals surface area contributed by atoms with Crippen molar-refractivity contribution in [2.75, 3.05) is 25.4 Å². The normalized spacial score (nSPS) is 19.8. The fourth-order valence-electron chi connectivity index (χ4n) is 2.11. The van der Waals surface area contributed by atoms with Crippen LogP contribution in [0.15, 0.2) is 23.1 Å². The van der Waals surface area contributed by atoms with Gasteiger partial charge in [0.25, 0.3) is 0 Å². The predicted octanol–water partition coefficient (Wildman–Crippen LogP) is 3.49. The molecule has 19 heavy (non-hydrogen) atoms. The molecular weight excluding hydrogens is 305 g/mol. The number of likely N-dealkylation sites (tertiary alicyclic amines) is 1. The summed E-state index contributed by atoms with van der Waals surface area (Å²) in [5.74, 6) is -0.0142. The Labute approximate surface area is 126 Å². The molecule has 1 unspecified atom stereocenters. The summed E-state index contributed by atoms with van der Waals surface area (Å²) in [6, 6.07) is 5.42. The fourth-order valence-corrected chi connectivity index (χ4v) is 3.61. The van der Waals surface area contributed by atoms with Gasteiger partial charge >= 0.3 is 5.97 Å². The maximum atomic E-state index is 10.9. The first kappa shape index (κ1) is 15.0. The van der Waals surface area contributed by atoms with E-state index in [2.05, 4.69) is 4.90 Å². The zero-order valence-corrected chi connectivity index (χ0v) is 12.6. The fraction of sp³-hybridized carbons (Fsp3) is 0.462. The van der Waals surface area contributed by atoms with Crippen molar-refractivity contribution >= 4 is 40.9 Å². The molecule has 1 fully saturated rings. The third kappa shape index (κ3) is 4.28. The lowest BCUT2D eigenvalue weighted by Gasteiger charge is -2.14. The summed E-state index contributed by atoms with van der Waals surface area (Å²) in [5, 5.41) is 10.3. The van der Waals surface area contributed by atoms with Crippen LogP contribution in [-0.4, -0.2) is 41.4 Å². The van der Waals surface area contributed by atoms with Gasteiger partial charge in [-0.25, -0.2) is 0 Å². The third-order valence-electron chi connectivity index (χ3n) is 3.18. The Morgan fingerprint density at radius 2 is 2.26 bits per heavy atom. The van der Waals surface area contributed by atoms with Crippen LogP contribution in [-0.2, 0) is 4.79 Å². The van der Waals surface area contributed by atoms with Gasteiger partial charge in [0.05, 0.1) is 10.9 Å². The molecule has 104 valence electrons. The summed E-state index contributed by atoms with van der Waals surface area (Å²) in [6.45, 7) is 2.39. The van der Waals surface area contributed by atoms with E-state index in [9.17, 15) is 4.79 Å². The topological polar surface area (TPSA) is 40.5 Å². The Morgan fingerprint density at radius 3 is 2.95 bits per heavy atom. The summed E-state index contributed by atoms with van der Waals surface area (Å²) >= 11 is 13.7. The number of benzene rings is 1. The molecule has 0 aromatic heterocycles. The largest absolute Gasteiger partial charge is 0.481 e. The van der Waals surface area contributed by atoms with Crippen molar-refractivity contribution in [1.29, 1.82) is 0 Å². The van der Waals surface area contributed by atoms with Crippen molar-refractivity contribution in [3.8, 4) is 0 Å². The van der Waals surface area contributed by atoms with Gasteiger partial charge in [0.15, 0.2) is 0 Å². The van der Waals surface area contributed by atoms with Crippen LogP contribution in [0.1, 0.15) is 6.42 Å². The molecule has 0 radical (unpaired) electrons. The van der Waals surface area contributed by atoms with Gasteiger partial charge in [-0.1, -0.05) is 23.2 Å². The van der Waals surface area contributed by atoms with Gasteiger partial charge < -0.3 is 10.0 Å². The van der Waals surface area contributed by atoms with Crippen molar-refractivity contribution < 1.29 is 9.90 Å². The number of hydrogen-bond acceptors (Lipinski definition) is 3. The van der Waals surface area contributed by atoms with Gasteiger partial charge in [-0.2, -0.15) is 0 Å². The summed E-state index contributed by atoms with van der Waals surface area (Å²) in [4.78, 5) is 14.0. The molecule has 0 aliphatic carbocycles. The quantitative estimate of drug-likeness (QED) is 0.843. The Balaban J connectivity index is 1.78. The van der Waals surface area contributed by atoms with Crippen molar-refractivity contribution in [3.63, 3.8) is 0 Å². The van der Waals surface area contributed by atoms with E-state index in [1.807, 2.05) is 6.07 Å². The maximum absolute atomic E-state index is 10.9. The number of carboxylic acid groups (broad SMARTS) is 1. The highest BCUT2D eigenvalue weighted by atomic mass is 35.5. The van der Waals surface area contributed by atoms with Gasteiger partial charge in [-0.15, -0.1) is 11.8 Å². The average Bonchev–Trinajstić information content (AvgIpc) is 2.82. The number of hydrogen-bond donors (Lipinski definition) is 1. The van der Waals surface area contributed by atoms with Crippen molar-refractivity contribution in [2.24, 2.45) is 5.92 Å². The molecule has 3 nitrogen and oxygen atoms in total. The van der Waals surface area contributed by atoms with E-state index in [0.717, 1.165) is 30.2 Å². The van der Waals surface area contributed by atoms with E-state index in [1.54, 1.807) is 23.9 Å². The molecule has 0 amide bonds. The average molecular weight is 320 g/mol. The molecule has 1 atom stereocenters. The lowest BCUT2D eigenvalue weighted by atomic mass is 10.1. The standard InChI is InChI=1S/C13H15Cl2NO2S/c14-10-1-2-11(15)12(7-10)19-6-5-16-4-3-9(8-16)13(17)18/h1-2,7,9H,3-6,8H2,(H,17,18). The number of rotatable bonds is 5. The number of halogens is 2. The Morgan fingerprint density at radius 1 is 1.47 bits per heavy atom. The highest BCUT2D eigenvalue weighted by molar-refractivity contribution is 7.99. The minimum Gasteiger partial charge on any atom is -0.481 e. The lowest BCUT2D eigenvalue weighted by Crippen LogP contribution is -2.25. The Kier molecular flexibility index (Phi) is 5.39. The zero-order valence-electron chi connectivity index (χ0n) is 10.3. The number of thioether (sulfide) groups is 1. The van der Waals surface area contributed by atoms with Crippen molar-refractivity contribution in [3.05, 3.63) is 28.2 Å². The zero-order chi connectivity index (χ0) is 13.8. The highest BCUT2D eigenvalue weighted by Crippen LogP contribution is 2.30. The Bertz CT molecular complexity index is 470. The lowest BCUT2D eigenvalue weighted by molar-refractivity contribution is -0.141. The Hall–Kier alpha value is -0.420. The first-order chi connectivity index (χ1) is 9.06. The summed E-state index contributed by atoms with van der Waals surface area (Å²) in [6.07, 6.45) is 0.748. The smallest absolute Gasteiger partial charge is 0.307 e. The molecule has 1 aromatic rings. The SMILES string of the molecule is O=C(O)C1CCN(CCSc2cc(Cl)ccc2Cl)C1. The molecule has 1 aliphatic rings. The summed E-state index contributed by atoms with van der Waals surface area (Å²) in [5.41, 5.74) is 0. The van der Waals surface area contributed by atoms with E-state index in [4.69, 9.17) is 28.3 Å². The first-order valence-corrected chi connectivity index (χ1v) is 7.83. The van der Waals surface area contributed by atoms with Crippen LogP contribution in [0.5, 0.6) is 0 Å². The maximum Gasteiger partial charge on any atom is 0.307 e. The van der Waals surface area contributed by atoms with Gasteiger partial charge in [0, 0.05) is 28.8 Å². The molecule has 6 heteroatoms. The second-order valence-corrected chi connectivity index (χ2v) is 6.53. The third-order valence-corrected chi connectivity index (χ3v) is 4.89. The molecule has 1 aromatic carbocycles. The van der Waals surface area contributed by atoms with Crippen LogP contribution in [0.4, 0.5) is 0 Å². The van der Waals surface area contributed by atoms with Gasteiger partial charge in [-0.05, 0) is 31.2 Å². The second-order valence-electron chi connectivity index (χ2n) is 4.55. The van der Waals surface area contributed by atoms with Crippen LogP contribution in [0.2, 0.25) is 10.0 Å². The van der Waals surface area contributed by atoms with Crippen LogP contribution in [0.25, 0.3) is 0 Å². The van der Waals surface area contributed by atoms with E-state index >= 15 is 0 Å². The van der Waals surface area contributed by atoms with Crippen molar-refractivity contribution in [1.82, 2.24) is 4.90 Å². The van der Waals surface area contributed by atoms with Gasteiger partial charge in [0.1, 0.15) is 0 Å². The molecular formula is C13H15Cl2NO2S. The highest BCUT2D eigenvalue weighted by Gasteiger charge is 2.27. The van der Waals surface area contributed by atoms with Crippen LogP contribution in [0, 0.1) is 5.92 Å². The molecule has 1 saturated heterocycles. The summed E-state index contributed by atoms with van der Waals surface area (Å²) < 4.78 is 0. The number of carboxylic acids is 1. The molecule has 0 spiro atoms. The van der Waals surface area contributed by atoms with Crippen LogP contribution in [0.3, 0.4) is 0 Å². The first-order valence-electron chi connectivity index (χ1n) is 6.09.